The normalized spacial score (nSPS) is 10.4. The summed E-state index contributed by atoms with van der Waals surface area (Å²) in [5, 5.41) is 0. The van der Waals surface area contributed by atoms with Gasteiger partial charge in [-0.2, -0.15) is 0 Å². The minimum atomic E-state index is -0.280. The average Bonchev–Trinajstić information content (AvgIpc) is 2.34. The van der Waals surface area contributed by atoms with E-state index in [9.17, 15) is 4.39 Å². The fraction of sp³-hybridized carbons (Fsp3) is 0.0769. The number of methoxy groups -OCH3 is 1. The van der Waals surface area contributed by atoms with E-state index in [-0.39, 0.29) is 5.82 Å². The molecule has 0 fully saturated rings. The molecule has 2 rings (SSSR count). The average molecular weight is 360 g/mol. The van der Waals surface area contributed by atoms with Crippen molar-refractivity contribution in [2.75, 3.05) is 7.11 Å². The first-order valence-corrected chi connectivity index (χ1v) is 6.50. The Kier molecular flexibility index (Phi) is 3.84. The van der Waals surface area contributed by atoms with Crippen LogP contribution in [0.5, 0.6) is 5.75 Å². The van der Waals surface area contributed by atoms with Gasteiger partial charge in [-0.25, -0.2) is 4.39 Å². The lowest BCUT2D eigenvalue weighted by molar-refractivity contribution is 0.415. The SMILES string of the molecule is COc1ccc(Br)c(-c2cccc(F)c2Br)c1. The summed E-state index contributed by atoms with van der Waals surface area (Å²) in [7, 11) is 1.60. The second-order valence-electron chi connectivity index (χ2n) is 3.45. The van der Waals surface area contributed by atoms with Gasteiger partial charge in [0, 0.05) is 15.6 Å². The van der Waals surface area contributed by atoms with Crippen LogP contribution in [0, 0.1) is 5.82 Å². The molecule has 2 aromatic rings. The zero-order chi connectivity index (χ0) is 12.4. The zero-order valence-electron chi connectivity index (χ0n) is 9.01. The minimum Gasteiger partial charge on any atom is -0.497 e. The van der Waals surface area contributed by atoms with E-state index in [0.29, 0.717) is 4.47 Å². The first-order chi connectivity index (χ1) is 8.13. The highest BCUT2D eigenvalue weighted by atomic mass is 79.9. The number of halogens is 3. The summed E-state index contributed by atoms with van der Waals surface area (Å²) >= 11 is 6.72. The number of ether oxygens (including phenoxy) is 1. The molecule has 17 heavy (non-hydrogen) atoms. The molecule has 0 saturated heterocycles. The van der Waals surface area contributed by atoms with Crippen LogP contribution in [0.4, 0.5) is 4.39 Å². The molecule has 0 spiro atoms. The van der Waals surface area contributed by atoms with Gasteiger partial charge in [0.25, 0.3) is 0 Å². The molecule has 0 bridgehead atoms. The summed E-state index contributed by atoms with van der Waals surface area (Å²) in [6.07, 6.45) is 0. The van der Waals surface area contributed by atoms with Crippen molar-refractivity contribution >= 4 is 31.9 Å². The Bertz CT molecular complexity index is 555. The second-order valence-corrected chi connectivity index (χ2v) is 5.09. The van der Waals surface area contributed by atoms with Crippen LogP contribution in [-0.2, 0) is 0 Å². The van der Waals surface area contributed by atoms with Gasteiger partial charge in [0.2, 0.25) is 0 Å². The molecule has 0 aliphatic carbocycles. The molecule has 0 N–H and O–H groups in total. The quantitative estimate of drug-likeness (QED) is 0.730. The topological polar surface area (TPSA) is 9.23 Å². The van der Waals surface area contributed by atoms with Crippen LogP contribution in [0.1, 0.15) is 0 Å². The molecular formula is C13H9Br2FO. The van der Waals surface area contributed by atoms with E-state index in [1.54, 1.807) is 13.2 Å². The van der Waals surface area contributed by atoms with Gasteiger partial charge in [0.15, 0.2) is 0 Å². The van der Waals surface area contributed by atoms with Crippen molar-refractivity contribution in [2.24, 2.45) is 0 Å². The zero-order valence-corrected chi connectivity index (χ0v) is 12.2. The molecule has 0 aliphatic rings. The van der Waals surface area contributed by atoms with E-state index in [4.69, 9.17) is 4.74 Å². The highest BCUT2D eigenvalue weighted by Gasteiger charge is 2.11. The van der Waals surface area contributed by atoms with Crippen molar-refractivity contribution < 1.29 is 9.13 Å². The van der Waals surface area contributed by atoms with Crippen LogP contribution in [0.15, 0.2) is 45.3 Å². The van der Waals surface area contributed by atoms with Crippen molar-refractivity contribution in [2.45, 2.75) is 0 Å². The third-order valence-electron chi connectivity index (χ3n) is 2.42. The molecule has 0 heterocycles. The Labute approximate surface area is 116 Å². The van der Waals surface area contributed by atoms with Gasteiger partial charge in [0.1, 0.15) is 11.6 Å². The largest absolute Gasteiger partial charge is 0.497 e. The standard InChI is InChI=1S/C13H9Br2FO/c1-17-8-5-6-11(14)10(7-8)9-3-2-4-12(16)13(9)15/h2-7H,1H3. The first-order valence-electron chi connectivity index (χ1n) is 4.91. The lowest BCUT2D eigenvalue weighted by Crippen LogP contribution is -1.88. The molecule has 88 valence electrons. The summed E-state index contributed by atoms with van der Waals surface area (Å²) in [6.45, 7) is 0. The summed E-state index contributed by atoms with van der Waals surface area (Å²) in [5.41, 5.74) is 1.67. The predicted molar refractivity (Wildman–Crippen MR) is 73.8 cm³/mol. The number of benzene rings is 2. The Hall–Kier alpha value is -0.870. The molecule has 2 aromatic carbocycles. The molecule has 4 heteroatoms. The number of hydrogen-bond donors (Lipinski definition) is 0. The summed E-state index contributed by atoms with van der Waals surface area (Å²) in [4.78, 5) is 0. The van der Waals surface area contributed by atoms with Crippen LogP contribution in [0.25, 0.3) is 11.1 Å². The van der Waals surface area contributed by atoms with Gasteiger partial charge in [-0.1, -0.05) is 28.1 Å². The van der Waals surface area contributed by atoms with Crippen LogP contribution < -0.4 is 4.74 Å². The lowest BCUT2D eigenvalue weighted by atomic mass is 10.1. The third kappa shape index (κ3) is 2.53. The lowest BCUT2D eigenvalue weighted by Gasteiger charge is -2.09. The maximum Gasteiger partial charge on any atom is 0.138 e. The van der Waals surface area contributed by atoms with E-state index in [1.807, 2.05) is 24.3 Å². The van der Waals surface area contributed by atoms with E-state index < -0.39 is 0 Å². The fourth-order valence-corrected chi connectivity index (χ4v) is 2.49. The molecule has 0 aromatic heterocycles. The minimum absolute atomic E-state index is 0.280. The highest BCUT2D eigenvalue weighted by Crippen LogP contribution is 2.36. The van der Waals surface area contributed by atoms with Crippen LogP contribution in [0.3, 0.4) is 0 Å². The van der Waals surface area contributed by atoms with Crippen molar-refractivity contribution in [3.63, 3.8) is 0 Å². The van der Waals surface area contributed by atoms with Gasteiger partial charge in [0.05, 0.1) is 11.6 Å². The molecule has 0 amide bonds. The predicted octanol–water partition coefficient (Wildman–Crippen LogP) is 5.03. The molecule has 0 unspecified atom stereocenters. The van der Waals surface area contributed by atoms with E-state index in [1.165, 1.54) is 6.07 Å². The monoisotopic (exact) mass is 358 g/mol. The van der Waals surface area contributed by atoms with Crippen molar-refractivity contribution in [3.05, 3.63) is 51.2 Å². The molecule has 0 atom stereocenters. The Morgan fingerprint density at radius 2 is 1.82 bits per heavy atom. The number of hydrogen-bond acceptors (Lipinski definition) is 1. The molecule has 1 nitrogen and oxygen atoms in total. The third-order valence-corrected chi connectivity index (χ3v) is 3.91. The smallest absolute Gasteiger partial charge is 0.138 e. The van der Waals surface area contributed by atoms with Gasteiger partial charge in [-0.05, 0) is 40.2 Å². The molecular weight excluding hydrogens is 351 g/mol. The van der Waals surface area contributed by atoms with Crippen molar-refractivity contribution in [3.8, 4) is 16.9 Å². The van der Waals surface area contributed by atoms with Crippen LogP contribution in [0.2, 0.25) is 0 Å². The first kappa shape index (κ1) is 12.6. The van der Waals surface area contributed by atoms with Gasteiger partial charge < -0.3 is 4.74 Å². The van der Waals surface area contributed by atoms with Gasteiger partial charge >= 0.3 is 0 Å². The molecule has 0 radical (unpaired) electrons. The summed E-state index contributed by atoms with van der Waals surface area (Å²) in [6, 6.07) is 10.5. The van der Waals surface area contributed by atoms with E-state index in [0.717, 1.165) is 21.3 Å². The Balaban J connectivity index is 2.63. The maximum absolute atomic E-state index is 13.5. The summed E-state index contributed by atoms with van der Waals surface area (Å²) in [5.74, 6) is 0.455. The Morgan fingerprint density at radius 1 is 1.06 bits per heavy atom. The van der Waals surface area contributed by atoms with Crippen molar-refractivity contribution in [1.82, 2.24) is 0 Å². The van der Waals surface area contributed by atoms with Crippen LogP contribution >= 0.6 is 31.9 Å². The van der Waals surface area contributed by atoms with E-state index >= 15 is 0 Å². The molecule has 0 aliphatic heterocycles. The van der Waals surface area contributed by atoms with Crippen molar-refractivity contribution in [1.29, 1.82) is 0 Å². The van der Waals surface area contributed by atoms with Gasteiger partial charge in [-0.3, -0.25) is 0 Å². The summed E-state index contributed by atoms with van der Waals surface area (Å²) < 4.78 is 20.0. The number of rotatable bonds is 2. The maximum atomic E-state index is 13.5. The second kappa shape index (κ2) is 5.19. The fourth-order valence-electron chi connectivity index (χ4n) is 1.55. The Morgan fingerprint density at radius 3 is 2.53 bits per heavy atom. The molecule has 0 saturated carbocycles. The van der Waals surface area contributed by atoms with Crippen LogP contribution in [-0.4, -0.2) is 7.11 Å². The highest BCUT2D eigenvalue weighted by molar-refractivity contribution is 9.11. The van der Waals surface area contributed by atoms with E-state index in [2.05, 4.69) is 31.9 Å². The van der Waals surface area contributed by atoms with Gasteiger partial charge in [-0.15, -0.1) is 0 Å².